The molecule has 1 N–H and O–H groups in total. The van der Waals surface area contributed by atoms with Crippen LogP contribution in [0.5, 0.6) is 5.75 Å². The van der Waals surface area contributed by atoms with E-state index in [1.165, 1.54) is 36.7 Å². The van der Waals surface area contributed by atoms with Crippen molar-refractivity contribution in [1.29, 1.82) is 0 Å². The van der Waals surface area contributed by atoms with Crippen molar-refractivity contribution in [3.8, 4) is 5.75 Å². The van der Waals surface area contributed by atoms with Gasteiger partial charge in [-0.2, -0.15) is 13.9 Å². The molecule has 1 aromatic heterocycles. The highest BCUT2D eigenvalue weighted by molar-refractivity contribution is 5.92. The van der Waals surface area contributed by atoms with Gasteiger partial charge < -0.3 is 10.1 Å². The first-order valence-corrected chi connectivity index (χ1v) is 6.81. The highest BCUT2D eigenvalue weighted by Gasteiger charge is 2.23. The monoisotopic (exact) mass is 340 g/mol. The van der Waals surface area contributed by atoms with Gasteiger partial charge in [-0.15, -0.1) is 0 Å². The number of hydrogen-bond acceptors (Lipinski definition) is 5. The second-order valence-corrected chi connectivity index (χ2v) is 4.86. The molecule has 0 aliphatic rings. The molecular formula is C14H14F2N4O4. The number of aromatic nitrogens is 2. The Labute approximate surface area is 135 Å². The molecule has 0 radical (unpaired) electrons. The normalized spacial score (nSPS) is 10.7. The number of halogens is 2. The van der Waals surface area contributed by atoms with E-state index < -0.39 is 17.4 Å². The van der Waals surface area contributed by atoms with Gasteiger partial charge >= 0.3 is 12.3 Å². The van der Waals surface area contributed by atoms with Crippen LogP contribution in [0.3, 0.4) is 0 Å². The van der Waals surface area contributed by atoms with Crippen LogP contribution in [0, 0.1) is 24.0 Å². The molecule has 2 aromatic rings. The molecule has 128 valence electrons. The van der Waals surface area contributed by atoms with Crippen molar-refractivity contribution in [3.05, 3.63) is 45.8 Å². The van der Waals surface area contributed by atoms with Crippen molar-refractivity contribution >= 4 is 17.3 Å². The van der Waals surface area contributed by atoms with Gasteiger partial charge in [0, 0.05) is 0 Å². The van der Waals surface area contributed by atoms with Gasteiger partial charge in [0.25, 0.3) is 0 Å². The third-order valence-corrected chi connectivity index (χ3v) is 3.20. The molecule has 0 bridgehead atoms. The molecule has 1 heterocycles. The molecule has 1 amide bonds. The summed E-state index contributed by atoms with van der Waals surface area (Å²) in [4.78, 5) is 22.5. The fourth-order valence-electron chi connectivity index (χ4n) is 2.20. The van der Waals surface area contributed by atoms with E-state index in [9.17, 15) is 23.7 Å². The number of ether oxygens (including phenoxy) is 1. The molecule has 1 aromatic carbocycles. The van der Waals surface area contributed by atoms with E-state index in [0.29, 0.717) is 0 Å². The van der Waals surface area contributed by atoms with Crippen LogP contribution in [0.2, 0.25) is 0 Å². The number of benzene rings is 1. The summed E-state index contributed by atoms with van der Waals surface area (Å²) in [5.74, 6) is -0.763. The fraction of sp³-hybridized carbons (Fsp3) is 0.286. The lowest BCUT2D eigenvalue weighted by atomic mass is 10.3. The third-order valence-electron chi connectivity index (χ3n) is 3.20. The predicted molar refractivity (Wildman–Crippen MR) is 80.1 cm³/mol. The molecule has 0 aliphatic heterocycles. The number of nitrogens with one attached hydrogen (secondary N) is 1. The van der Waals surface area contributed by atoms with Crippen molar-refractivity contribution < 1.29 is 23.2 Å². The number of amides is 1. The molecule has 0 atom stereocenters. The molecule has 24 heavy (non-hydrogen) atoms. The SMILES string of the molecule is Cc1nn(CC(=O)Nc2ccccc2OC(F)F)c(C)c1[N+](=O)[O-]. The number of para-hydroxylation sites is 2. The smallest absolute Gasteiger partial charge is 0.387 e. The minimum atomic E-state index is -3.03. The topological polar surface area (TPSA) is 99.3 Å². The first kappa shape index (κ1) is 17.3. The quantitative estimate of drug-likeness (QED) is 0.644. The standard InChI is InChI=1S/C14H14F2N4O4/c1-8-13(20(22)23)9(2)19(18-8)7-12(21)17-10-5-3-4-6-11(10)24-14(15)16/h3-6,14H,7H2,1-2H3,(H,17,21). The zero-order valence-corrected chi connectivity index (χ0v) is 12.8. The maximum atomic E-state index is 12.3. The number of anilines is 1. The summed E-state index contributed by atoms with van der Waals surface area (Å²) in [5.41, 5.74) is 0.319. The molecule has 0 saturated heterocycles. The van der Waals surface area contributed by atoms with E-state index in [1.54, 1.807) is 6.07 Å². The van der Waals surface area contributed by atoms with E-state index >= 15 is 0 Å². The predicted octanol–water partition coefficient (Wildman–Crippen LogP) is 2.65. The van der Waals surface area contributed by atoms with E-state index in [0.717, 1.165) is 0 Å². The van der Waals surface area contributed by atoms with Crippen LogP contribution in [0.25, 0.3) is 0 Å². The van der Waals surface area contributed by atoms with E-state index in [4.69, 9.17) is 0 Å². The van der Waals surface area contributed by atoms with Crippen LogP contribution in [0.1, 0.15) is 11.4 Å². The van der Waals surface area contributed by atoms with Crippen LogP contribution in [0.15, 0.2) is 24.3 Å². The Hall–Kier alpha value is -3.04. The number of hydrogen-bond donors (Lipinski definition) is 1. The maximum Gasteiger partial charge on any atom is 0.387 e. The van der Waals surface area contributed by atoms with Crippen LogP contribution < -0.4 is 10.1 Å². The molecule has 10 heteroatoms. The van der Waals surface area contributed by atoms with Crippen molar-refractivity contribution in [2.45, 2.75) is 27.0 Å². The summed E-state index contributed by atoms with van der Waals surface area (Å²) >= 11 is 0. The minimum absolute atomic E-state index is 0.0684. The first-order chi connectivity index (χ1) is 11.3. The summed E-state index contributed by atoms with van der Waals surface area (Å²) < 4.78 is 30.2. The molecular weight excluding hydrogens is 326 g/mol. The van der Waals surface area contributed by atoms with Gasteiger partial charge in [-0.05, 0) is 26.0 Å². The maximum absolute atomic E-state index is 12.3. The number of nitrogens with zero attached hydrogens (tertiary/aromatic N) is 3. The van der Waals surface area contributed by atoms with E-state index in [-0.39, 0.29) is 35.1 Å². The highest BCUT2D eigenvalue weighted by Crippen LogP contribution is 2.26. The van der Waals surface area contributed by atoms with Gasteiger partial charge in [-0.3, -0.25) is 19.6 Å². The summed E-state index contributed by atoms with van der Waals surface area (Å²) in [6, 6.07) is 5.72. The van der Waals surface area contributed by atoms with Crippen LogP contribution in [-0.2, 0) is 11.3 Å². The minimum Gasteiger partial charge on any atom is -0.433 e. The van der Waals surface area contributed by atoms with E-state index in [2.05, 4.69) is 15.2 Å². The van der Waals surface area contributed by atoms with Gasteiger partial charge in [0.1, 0.15) is 23.7 Å². The Morgan fingerprint density at radius 3 is 2.67 bits per heavy atom. The lowest BCUT2D eigenvalue weighted by Crippen LogP contribution is -2.21. The van der Waals surface area contributed by atoms with Crippen LogP contribution in [0.4, 0.5) is 20.2 Å². The first-order valence-electron chi connectivity index (χ1n) is 6.81. The summed E-state index contributed by atoms with van der Waals surface area (Å²) in [6.45, 7) is -0.393. The van der Waals surface area contributed by atoms with Crippen molar-refractivity contribution in [2.24, 2.45) is 0 Å². The number of rotatable bonds is 6. The zero-order valence-electron chi connectivity index (χ0n) is 12.8. The number of alkyl halides is 2. The van der Waals surface area contributed by atoms with E-state index in [1.807, 2.05) is 0 Å². The average molecular weight is 340 g/mol. The second kappa shape index (κ2) is 7.02. The molecule has 0 fully saturated rings. The fourth-order valence-corrected chi connectivity index (χ4v) is 2.20. The third kappa shape index (κ3) is 3.83. The Morgan fingerprint density at radius 1 is 1.42 bits per heavy atom. The summed E-state index contributed by atoms with van der Waals surface area (Å²) in [5, 5.41) is 17.3. The lowest BCUT2D eigenvalue weighted by molar-refractivity contribution is -0.386. The molecule has 0 unspecified atom stereocenters. The Bertz CT molecular complexity index is 776. The molecule has 2 rings (SSSR count). The molecule has 0 saturated carbocycles. The second-order valence-electron chi connectivity index (χ2n) is 4.86. The average Bonchev–Trinajstić information content (AvgIpc) is 2.74. The summed E-state index contributed by atoms with van der Waals surface area (Å²) in [6.07, 6.45) is 0. The van der Waals surface area contributed by atoms with Gasteiger partial charge in [-0.25, -0.2) is 0 Å². The Morgan fingerprint density at radius 2 is 2.08 bits per heavy atom. The van der Waals surface area contributed by atoms with Gasteiger partial charge in [0.15, 0.2) is 0 Å². The highest BCUT2D eigenvalue weighted by atomic mass is 19.3. The van der Waals surface area contributed by atoms with Crippen LogP contribution in [-0.4, -0.2) is 27.2 Å². The summed E-state index contributed by atoms with van der Waals surface area (Å²) in [7, 11) is 0. The zero-order chi connectivity index (χ0) is 17.9. The van der Waals surface area contributed by atoms with Gasteiger partial charge in [0.05, 0.1) is 10.6 Å². The number of nitro groups is 1. The Kier molecular flexibility index (Phi) is 5.07. The van der Waals surface area contributed by atoms with Gasteiger partial charge in [-0.1, -0.05) is 12.1 Å². The molecule has 0 spiro atoms. The largest absolute Gasteiger partial charge is 0.433 e. The van der Waals surface area contributed by atoms with Crippen molar-refractivity contribution in [2.75, 3.05) is 5.32 Å². The number of carbonyl (C=O) groups is 1. The van der Waals surface area contributed by atoms with Crippen LogP contribution >= 0.6 is 0 Å². The van der Waals surface area contributed by atoms with Crippen molar-refractivity contribution in [3.63, 3.8) is 0 Å². The number of carbonyl (C=O) groups excluding carboxylic acids is 1. The molecule has 0 aliphatic carbocycles. The lowest BCUT2D eigenvalue weighted by Gasteiger charge is -2.11. The Balaban J connectivity index is 2.15. The van der Waals surface area contributed by atoms with Gasteiger partial charge in [0.2, 0.25) is 5.91 Å². The van der Waals surface area contributed by atoms with Crippen molar-refractivity contribution in [1.82, 2.24) is 9.78 Å². The molecule has 8 nitrogen and oxygen atoms in total. The number of aryl methyl sites for hydroxylation is 1.